The van der Waals surface area contributed by atoms with Crippen LogP contribution in [0, 0.1) is 0 Å². The standard InChI is InChI=1S/C13H21BrN2O/c1-4-7-15-13(9-17-10(2)3)12-6-5-11(14)8-16-12/h5-6,8,10,13,15H,4,7,9H2,1-3H3. The molecule has 1 rings (SSSR count). The summed E-state index contributed by atoms with van der Waals surface area (Å²) in [5.74, 6) is 0. The predicted molar refractivity (Wildman–Crippen MR) is 74.1 cm³/mol. The van der Waals surface area contributed by atoms with Crippen LogP contribution in [0.2, 0.25) is 0 Å². The summed E-state index contributed by atoms with van der Waals surface area (Å²) in [7, 11) is 0. The zero-order valence-electron chi connectivity index (χ0n) is 10.7. The Morgan fingerprint density at radius 2 is 2.18 bits per heavy atom. The van der Waals surface area contributed by atoms with E-state index in [4.69, 9.17) is 4.74 Å². The molecule has 1 aromatic heterocycles. The minimum Gasteiger partial charge on any atom is -0.377 e. The van der Waals surface area contributed by atoms with E-state index in [9.17, 15) is 0 Å². The molecule has 1 atom stereocenters. The Bertz CT molecular complexity index is 314. The van der Waals surface area contributed by atoms with Gasteiger partial charge in [-0.3, -0.25) is 4.98 Å². The number of hydrogen-bond acceptors (Lipinski definition) is 3. The Hall–Kier alpha value is -0.450. The Morgan fingerprint density at radius 3 is 2.71 bits per heavy atom. The summed E-state index contributed by atoms with van der Waals surface area (Å²) < 4.78 is 6.67. The molecule has 0 amide bonds. The molecule has 1 heterocycles. The molecule has 1 aromatic rings. The van der Waals surface area contributed by atoms with Crippen LogP contribution in [0.5, 0.6) is 0 Å². The number of nitrogens with zero attached hydrogens (tertiary/aromatic N) is 1. The van der Waals surface area contributed by atoms with Gasteiger partial charge in [-0.25, -0.2) is 0 Å². The minimum absolute atomic E-state index is 0.172. The first-order valence-electron chi connectivity index (χ1n) is 6.10. The Morgan fingerprint density at radius 1 is 1.41 bits per heavy atom. The highest BCUT2D eigenvalue weighted by Crippen LogP contribution is 2.15. The molecule has 0 fully saturated rings. The molecule has 1 unspecified atom stereocenters. The molecule has 0 aromatic carbocycles. The fourth-order valence-electron chi connectivity index (χ4n) is 1.45. The summed E-state index contributed by atoms with van der Waals surface area (Å²) in [5, 5.41) is 3.46. The lowest BCUT2D eigenvalue weighted by atomic mass is 10.2. The lowest BCUT2D eigenvalue weighted by molar-refractivity contribution is 0.0603. The van der Waals surface area contributed by atoms with Crippen molar-refractivity contribution in [3.05, 3.63) is 28.5 Å². The third-order valence-electron chi connectivity index (χ3n) is 2.34. The van der Waals surface area contributed by atoms with Gasteiger partial charge in [0.25, 0.3) is 0 Å². The van der Waals surface area contributed by atoms with Crippen LogP contribution in [0.15, 0.2) is 22.8 Å². The Kier molecular flexibility index (Phi) is 6.70. The average molecular weight is 301 g/mol. The van der Waals surface area contributed by atoms with E-state index in [1.165, 1.54) is 0 Å². The largest absolute Gasteiger partial charge is 0.377 e. The zero-order valence-corrected chi connectivity index (χ0v) is 12.3. The third-order valence-corrected chi connectivity index (χ3v) is 2.81. The van der Waals surface area contributed by atoms with E-state index in [1.807, 2.05) is 32.2 Å². The van der Waals surface area contributed by atoms with Crippen LogP contribution in [0.4, 0.5) is 0 Å². The van der Waals surface area contributed by atoms with Crippen LogP contribution in [-0.4, -0.2) is 24.2 Å². The first-order valence-corrected chi connectivity index (χ1v) is 6.89. The molecule has 0 aliphatic rings. The third kappa shape index (κ3) is 5.61. The van der Waals surface area contributed by atoms with Gasteiger partial charge in [0.2, 0.25) is 0 Å². The van der Waals surface area contributed by atoms with E-state index in [0.29, 0.717) is 6.61 Å². The van der Waals surface area contributed by atoms with Crippen LogP contribution in [0.3, 0.4) is 0 Å². The van der Waals surface area contributed by atoms with E-state index in [2.05, 4.69) is 33.2 Å². The summed E-state index contributed by atoms with van der Waals surface area (Å²) in [6.07, 6.45) is 3.18. The highest BCUT2D eigenvalue weighted by Gasteiger charge is 2.12. The number of ether oxygens (including phenoxy) is 1. The molecule has 1 N–H and O–H groups in total. The van der Waals surface area contributed by atoms with Crippen LogP contribution < -0.4 is 5.32 Å². The van der Waals surface area contributed by atoms with Gasteiger partial charge in [0.15, 0.2) is 0 Å². The number of hydrogen-bond donors (Lipinski definition) is 1. The van der Waals surface area contributed by atoms with Crippen LogP contribution in [0.25, 0.3) is 0 Å². The lowest BCUT2D eigenvalue weighted by Gasteiger charge is -2.19. The normalized spacial score (nSPS) is 13.0. The lowest BCUT2D eigenvalue weighted by Crippen LogP contribution is -2.28. The van der Waals surface area contributed by atoms with Crippen molar-refractivity contribution >= 4 is 15.9 Å². The number of aromatic nitrogens is 1. The maximum Gasteiger partial charge on any atom is 0.0732 e. The predicted octanol–water partition coefficient (Wildman–Crippen LogP) is 3.31. The van der Waals surface area contributed by atoms with Gasteiger partial charge < -0.3 is 10.1 Å². The van der Waals surface area contributed by atoms with E-state index >= 15 is 0 Å². The zero-order chi connectivity index (χ0) is 12.7. The van der Waals surface area contributed by atoms with Crippen LogP contribution >= 0.6 is 15.9 Å². The molecule has 17 heavy (non-hydrogen) atoms. The van der Waals surface area contributed by atoms with E-state index in [1.54, 1.807) is 0 Å². The highest BCUT2D eigenvalue weighted by molar-refractivity contribution is 9.10. The van der Waals surface area contributed by atoms with E-state index < -0.39 is 0 Å². The van der Waals surface area contributed by atoms with Crippen molar-refractivity contribution in [1.82, 2.24) is 10.3 Å². The van der Waals surface area contributed by atoms with Crippen molar-refractivity contribution < 1.29 is 4.74 Å². The van der Waals surface area contributed by atoms with E-state index in [-0.39, 0.29) is 12.1 Å². The average Bonchev–Trinajstić information content (AvgIpc) is 2.30. The topological polar surface area (TPSA) is 34.1 Å². The summed E-state index contributed by atoms with van der Waals surface area (Å²) in [5.41, 5.74) is 1.03. The summed E-state index contributed by atoms with van der Waals surface area (Å²) >= 11 is 3.40. The molecule has 0 saturated carbocycles. The number of nitrogens with one attached hydrogen (secondary N) is 1. The van der Waals surface area contributed by atoms with Crippen molar-refractivity contribution in [3.63, 3.8) is 0 Å². The summed E-state index contributed by atoms with van der Waals surface area (Å²) in [4.78, 5) is 4.42. The monoisotopic (exact) mass is 300 g/mol. The Labute approximate surface area is 112 Å². The van der Waals surface area contributed by atoms with Gasteiger partial charge in [0.1, 0.15) is 0 Å². The van der Waals surface area contributed by atoms with Crippen molar-refractivity contribution in [2.24, 2.45) is 0 Å². The maximum absolute atomic E-state index is 5.67. The highest BCUT2D eigenvalue weighted by atomic mass is 79.9. The van der Waals surface area contributed by atoms with Gasteiger partial charge in [-0.2, -0.15) is 0 Å². The Balaban J connectivity index is 2.63. The number of halogens is 1. The van der Waals surface area contributed by atoms with E-state index in [0.717, 1.165) is 23.1 Å². The number of pyridine rings is 1. The quantitative estimate of drug-likeness (QED) is 0.839. The molecule has 96 valence electrons. The SMILES string of the molecule is CCCNC(COC(C)C)c1ccc(Br)cn1. The van der Waals surface area contributed by atoms with Gasteiger partial charge >= 0.3 is 0 Å². The molecule has 0 saturated heterocycles. The maximum atomic E-state index is 5.67. The second-order valence-electron chi connectivity index (χ2n) is 4.29. The molecule has 0 aliphatic carbocycles. The van der Waals surface area contributed by atoms with Gasteiger partial charge in [0, 0.05) is 10.7 Å². The van der Waals surface area contributed by atoms with Crippen molar-refractivity contribution in [2.75, 3.05) is 13.2 Å². The van der Waals surface area contributed by atoms with Gasteiger partial charge in [-0.1, -0.05) is 6.92 Å². The smallest absolute Gasteiger partial charge is 0.0732 e. The fourth-order valence-corrected chi connectivity index (χ4v) is 1.68. The molecule has 0 radical (unpaired) electrons. The van der Waals surface area contributed by atoms with Crippen LogP contribution in [0.1, 0.15) is 38.9 Å². The first-order chi connectivity index (χ1) is 8.13. The molecule has 0 bridgehead atoms. The number of rotatable bonds is 7. The minimum atomic E-state index is 0.172. The molecule has 0 spiro atoms. The van der Waals surface area contributed by atoms with Gasteiger partial charge in [-0.05, 0) is 54.9 Å². The fraction of sp³-hybridized carbons (Fsp3) is 0.615. The van der Waals surface area contributed by atoms with Gasteiger partial charge in [-0.15, -0.1) is 0 Å². The summed E-state index contributed by atoms with van der Waals surface area (Å²) in [6.45, 7) is 7.89. The second kappa shape index (κ2) is 7.80. The first kappa shape index (κ1) is 14.6. The van der Waals surface area contributed by atoms with Gasteiger partial charge in [0.05, 0.1) is 24.4 Å². The molecular formula is C13H21BrN2O. The van der Waals surface area contributed by atoms with Crippen molar-refractivity contribution in [2.45, 2.75) is 39.3 Å². The molecule has 4 heteroatoms. The molecular weight excluding hydrogens is 280 g/mol. The second-order valence-corrected chi connectivity index (χ2v) is 5.21. The van der Waals surface area contributed by atoms with Crippen LogP contribution in [-0.2, 0) is 4.74 Å². The van der Waals surface area contributed by atoms with Crippen molar-refractivity contribution in [1.29, 1.82) is 0 Å². The molecule has 0 aliphatic heterocycles. The molecule has 3 nitrogen and oxygen atoms in total. The van der Waals surface area contributed by atoms with Crippen molar-refractivity contribution in [3.8, 4) is 0 Å². The summed E-state index contributed by atoms with van der Waals surface area (Å²) in [6, 6.07) is 4.21.